The molecule has 3 heterocycles. The van der Waals surface area contributed by atoms with Gasteiger partial charge in [-0.05, 0) is 18.2 Å². The van der Waals surface area contributed by atoms with Crippen molar-refractivity contribution in [3.8, 4) is 17.2 Å². The van der Waals surface area contributed by atoms with Gasteiger partial charge >= 0.3 is 5.69 Å². The van der Waals surface area contributed by atoms with E-state index in [1.54, 1.807) is 30.1 Å². The number of hydrogen-bond donors (Lipinski definition) is 1. The number of nitrogens with one attached hydrogen (secondary N) is 1. The molecular formula is C24H28N6O6. The second-order valence-corrected chi connectivity index (χ2v) is 8.17. The first-order valence-corrected chi connectivity index (χ1v) is 11.1. The number of amides is 1. The van der Waals surface area contributed by atoms with Crippen LogP contribution in [-0.2, 0) is 20.6 Å². The molecule has 0 saturated heterocycles. The normalized spacial score (nSPS) is 13.0. The molecule has 1 aromatic carbocycles. The van der Waals surface area contributed by atoms with Crippen molar-refractivity contribution < 1.29 is 19.0 Å². The van der Waals surface area contributed by atoms with E-state index in [1.165, 1.54) is 32.9 Å². The maximum Gasteiger partial charge on any atom is 0.332 e. The van der Waals surface area contributed by atoms with E-state index in [-0.39, 0.29) is 5.91 Å². The minimum atomic E-state index is -0.422. The standard InChI is InChI=1S/C24H28N6O6/c1-27-21-19(23(32)28(2)24(27)33)30(14-25-21)10-9-29-8-6-7-16(13-29)26-22(31)15-11-17(34-3)20(36-5)18(12-15)35-4/h6-7,11-14H,8-10H2,1-5H3,(H,26,31). The summed E-state index contributed by atoms with van der Waals surface area (Å²) < 4.78 is 20.1. The van der Waals surface area contributed by atoms with Crippen LogP contribution < -0.4 is 30.8 Å². The zero-order chi connectivity index (χ0) is 26.0. The number of carbonyl (C=O) groups is 1. The summed E-state index contributed by atoms with van der Waals surface area (Å²) in [6.45, 7) is 1.64. The first kappa shape index (κ1) is 24.6. The molecule has 0 saturated carbocycles. The average Bonchev–Trinajstić information content (AvgIpc) is 3.33. The van der Waals surface area contributed by atoms with Crippen LogP contribution in [0.3, 0.4) is 0 Å². The molecule has 1 amide bonds. The fourth-order valence-electron chi connectivity index (χ4n) is 4.06. The zero-order valence-electron chi connectivity index (χ0n) is 20.8. The van der Waals surface area contributed by atoms with E-state index in [9.17, 15) is 14.4 Å². The van der Waals surface area contributed by atoms with Gasteiger partial charge in [-0.1, -0.05) is 6.08 Å². The second-order valence-electron chi connectivity index (χ2n) is 8.17. The number of rotatable bonds is 8. The number of fused-ring (bicyclic) bond motifs is 1. The number of hydrogen-bond acceptors (Lipinski definition) is 8. The molecule has 1 aliphatic rings. The minimum Gasteiger partial charge on any atom is -0.493 e. The van der Waals surface area contributed by atoms with Crippen molar-refractivity contribution >= 4 is 17.1 Å². The molecule has 1 N–H and O–H groups in total. The number of allylic oxidation sites excluding steroid dienone is 1. The molecule has 0 atom stereocenters. The third-order valence-electron chi connectivity index (χ3n) is 5.99. The van der Waals surface area contributed by atoms with Gasteiger partial charge in [-0.15, -0.1) is 0 Å². The van der Waals surface area contributed by atoms with Gasteiger partial charge in [-0.2, -0.15) is 0 Å². The molecule has 2 aromatic heterocycles. The Morgan fingerprint density at radius 1 is 1.03 bits per heavy atom. The molecule has 0 fully saturated rings. The van der Waals surface area contributed by atoms with Crippen molar-refractivity contribution in [3.05, 3.63) is 68.9 Å². The largest absolute Gasteiger partial charge is 0.493 e. The monoisotopic (exact) mass is 496 g/mol. The van der Waals surface area contributed by atoms with Crippen LogP contribution >= 0.6 is 0 Å². The van der Waals surface area contributed by atoms with Crippen molar-refractivity contribution in [1.82, 2.24) is 28.9 Å². The maximum absolute atomic E-state index is 12.9. The van der Waals surface area contributed by atoms with E-state index in [0.717, 1.165) is 4.57 Å². The molecule has 36 heavy (non-hydrogen) atoms. The summed E-state index contributed by atoms with van der Waals surface area (Å²) in [4.78, 5) is 44.0. The Kier molecular flexibility index (Phi) is 6.86. The van der Waals surface area contributed by atoms with E-state index in [1.807, 2.05) is 23.3 Å². The Bertz CT molecular complexity index is 1470. The first-order chi connectivity index (χ1) is 17.3. The molecule has 12 nitrogen and oxygen atoms in total. The van der Waals surface area contributed by atoms with Crippen LogP contribution in [0.2, 0.25) is 0 Å². The Hall–Kier alpha value is -4.48. The number of nitrogens with zero attached hydrogens (tertiary/aromatic N) is 5. The molecule has 3 aromatic rings. The van der Waals surface area contributed by atoms with E-state index < -0.39 is 11.2 Å². The van der Waals surface area contributed by atoms with Crippen LogP contribution in [0.15, 0.2) is 52.1 Å². The summed E-state index contributed by atoms with van der Waals surface area (Å²) >= 11 is 0. The van der Waals surface area contributed by atoms with Gasteiger partial charge < -0.3 is 29.0 Å². The Balaban J connectivity index is 1.50. The molecule has 0 bridgehead atoms. The van der Waals surface area contributed by atoms with Crippen molar-refractivity contribution in [1.29, 1.82) is 0 Å². The molecule has 4 rings (SSSR count). The van der Waals surface area contributed by atoms with Crippen molar-refractivity contribution in [2.75, 3.05) is 34.4 Å². The summed E-state index contributed by atoms with van der Waals surface area (Å²) in [6.07, 6.45) is 7.15. The van der Waals surface area contributed by atoms with Gasteiger partial charge in [0, 0.05) is 45.5 Å². The minimum absolute atomic E-state index is 0.336. The predicted molar refractivity (Wildman–Crippen MR) is 133 cm³/mol. The van der Waals surface area contributed by atoms with Gasteiger partial charge in [0.15, 0.2) is 22.7 Å². The summed E-state index contributed by atoms with van der Waals surface area (Å²) in [5, 5.41) is 2.89. The zero-order valence-corrected chi connectivity index (χ0v) is 20.8. The number of methoxy groups -OCH3 is 3. The lowest BCUT2D eigenvalue weighted by atomic mass is 10.1. The summed E-state index contributed by atoms with van der Waals surface area (Å²) in [5.74, 6) is 0.833. The smallest absolute Gasteiger partial charge is 0.332 e. The third-order valence-corrected chi connectivity index (χ3v) is 5.99. The van der Waals surface area contributed by atoms with Crippen LogP contribution in [0.4, 0.5) is 0 Å². The molecule has 12 heteroatoms. The molecule has 1 aliphatic heterocycles. The third kappa shape index (κ3) is 4.44. The number of ether oxygens (including phenoxy) is 3. The SMILES string of the molecule is COc1cc(C(=O)NC2=CN(CCn3cnc4c3c(=O)n(C)c(=O)n4C)CC=C2)cc(OC)c1OC. The lowest BCUT2D eigenvalue weighted by Gasteiger charge is -2.24. The van der Waals surface area contributed by atoms with Gasteiger partial charge in [0.25, 0.3) is 11.5 Å². The van der Waals surface area contributed by atoms with Gasteiger partial charge in [0.05, 0.1) is 33.4 Å². The molecular weight excluding hydrogens is 468 g/mol. The first-order valence-electron chi connectivity index (χ1n) is 11.1. The lowest BCUT2D eigenvalue weighted by molar-refractivity contribution is 0.0965. The van der Waals surface area contributed by atoms with Gasteiger partial charge in [-0.3, -0.25) is 18.7 Å². The molecule has 0 spiro atoms. The quantitative estimate of drug-likeness (QED) is 0.481. The molecule has 0 radical (unpaired) electrons. The Morgan fingerprint density at radius 2 is 1.72 bits per heavy atom. The fraction of sp³-hybridized carbons (Fsp3) is 0.333. The molecule has 0 aliphatic carbocycles. The van der Waals surface area contributed by atoms with E-state index in [0.29, 0.717) is 59.3 Å². The Labute approximate surface area is 206 Å². The van der Waals surface area contributed by atoms with Crippen LogP contribution in [-0.4, -0.2) is 63.9 Å². The van der Waals surface area contributed by atoms with E-state index in [2.05, 4.69) is 10.3 Å². The highest BCUT2D eigenvalue weighted by molar-refractivity contribution is 5.97. The Morgan fingerprint density at radius 3 is 2.36 bits per heavy atom. The van der Waals surface area contributed by atoms with E-state index >= 15 is 0 Å². The van der Waals surface area contributed by atoms with Gasteiger partial charge in [0.1, 0.15) is 0 Å². The topological polar surface area (TPSA) is 122 Å². The maximum atomic E-state index is 12.9. The second kappa shape index (κ2) is 10.0. The van der Waals surface area contributed by atoms with Crippen molar-refractivity contribution in [2.45, 2.75) is 6.54 Å². The predicted octanol–water partition coefficient (Wildman–Crippen LogP) is 0.603. The number of aryl methyl sites for hydroxylation is 1. The molecule has 190 valence electrons. The number of carbonyl (C=O) groups excluding carboxylic acids is 1. The summed E-state index contributed by atoms with van der Waals surface area (Å²) in [7, 11) is 7.51. The van der Waals surface area contributed by atoms with Crippen molar-refractivity contribution in [2.24, 2.45) is 14.1 Å². The number of aromatic nitrogens is 4. The van der Waals surface area contributed by atoms with Crippen LogP contribution in [0.1, 0.15) is 10.4 Å². The summed E-state index contributed by atoms with van der Waals surface area (Å²) in [6, 6.07) is 3.17. The number of benzene rings is 1. The van der Waals surface area contributed by atoms with Crippen LogP contribution in [0, 0.1) is 0 Å². The summed E-state index contributed by atoms with van der Waals surface area (Å²) in [5.41, 5.74) is 0.853. The fourth-order valence-corrected chi connectivity index (χ4v) is 4.06. The van der Waals surface area contributed by atoms with Gasteiger partial charge in [-0.25, -0.2) is 9.78 Å². The lowest BCUT2D eigenvalue weighted by Crippen LogP contribution is -2.37. The van der Waals surface area contributed by atoms with E-state index in [4.69, 9.17) is 14.2 Å². The van der Waals surface area contributed by atoms with Crippen LogP contribution in [0.25, 0.3) is 11.2 Å². The highest BCUT2D eigenvalue weighted by Crippen LogP contribution is 2.38. The van der Waals surface area contributed by atoms with Crippen molar-refractivity contribution in [3.63, 3.8) is 0 Å². The van der Waals surface area contributed by atoms with Crippen LogP contribution in [0.5, 0.6) is 17.2 Å². The number of imidazole rings is 1. The average molecular weight is 497 g/mol. The highest BCUT2D eigenvalue weighted by Gasteiger charge is 2.19. The highest BCUT2D eigenvalue weighted by atomic mass is 16.5. The van der Waals surface area contributed by atoms with Gasteiger partial charge in [0.2, 0.25) is 5.75 Å². The molecule has 0 unspecified atom stereocenters.